The molecule has 0 atom stereocenters. The number of nitrogens with one attached hydrogen (secondary N) is 1. The number of carbonyl (C=O) groups is 1. The average Bonchev–Trinajstić information content (AvgIpc) is 2.61. The Balaban J connectivity index is 2.03. The summed E-state index contributed by atoms with van der Waals surface area (Å²) in [5.41, 5.74) is -1.30. The van der Waals surface area contributed by atoms with Crippen molar-refractivity contribution >= 4 is 44.2 Å². The minimum atomic E-state index is -0.894. The maximum Gasteiger partial charge on any atom is 0.360 e. The van der Waals surface area contributed by atoms with Gasteiger partial charge in [0.25, 0.3) is 5.91 Å². The van der Waals surface area contributed by atoms with Crippen LogP contribution in [0.4, 0.5) is 11.4 Å². The third-order valence-electron chi connectivity index (χ3n) is 3.59. The van der Waals surface area contributed by atoms with E-state index in [-0.39, 0.29) is 22.5 Å². The van der Waals surface area contributed by atoms with Gasteiger partial charge in [-0.15, -0.1) is 0 Å². The Kier molecular flexibility index (Phi) is 4.72. The van der Waals surface area contributed by atoms with Gasteiger partial charge in [-0.3, -0.25) is 14.9 Å². The smallest absolute Gasteiger partial charge is 0.360 e. The van der Waals surface area contributed by atoms with Crippen molar-refractivity contribution in [2.45, 2.75) is 0 Å². The number of halogens is 1. The SMILES string of the molecule is COc1ccc(Br)cc1C(=O)Nc1cc2cccc([N+](=O)[O-])c2oc1=O. The number of hydrogen-bond donors (Lipinski definition) is 1. The molecular formula is C17H11BrN2O6. The lowest BCUT2D eigenvalue weighted by atomic mass is 10.1. The molecular weight excluding hydrogens is 408 g/mol. The third-order valence-corrected chi connectivity index (χ3v) is 4.08. The summed E-state index contributed by atoms with van der Waals surface area (Å²) in [5.74, 6) is -0.258. The van der Waals surface area contributed by atoms with Crippen molar-refractivity contribution in [2.24, 2.45) is 0 Å². The molecule has 8 nitrogen and oxygen atoms in total. The summed E-state index contributed by atoms with van der Waals surface area (Å²) in [7, 11) is 1.42. The Morgan fingerprint density at radius 3 is 2.73 bits per heavy atom. The highest BCUT2D eigenvalue weighted by Crippen LogP contribution is 2.27. The molecule has 132 valence electrons. The highest BCUT2D eigenvalue weighted by atomic mass is 79.9. The molecule has 26 heavy (non-hydrogen) atoms. The second kappa shape index (κ2) is 6.96. The number of fused-ring (bicyclic) bond motifs is 1. The molecule has 0 saturated carbocycles. The molecule has 0 bridgehead atoms. The molecule has 2 aromatic carbocycles. The first kappa shape index (κ1) is 17.6. The Hall–Kier alpha value is -3.20. The molecule has 0 saturated heterocycles. The van der Waals surface area contributed by atoms with Gasteiger partial charge in [0.15, 0.2) is 0 Å². The highest BCUT2D eigenvalue weighted by molar-refractivity contribution is 9.10. The monoisotopic (exact) mass is 418 g/mol. The Bertz CT molecular complexity index is 1090. The van der Waals surface area contributed by atoms with E-state index in [0.717, 1.165) is 0 Å². The van der Waals surface area contributed by atoms with Crippen LogP contribution in [0.25, 0.3) is 11.0 Å². The van der Waals surface area contributed by atoms with Crippen LogP contribution in [0.15, 0.2) is 56.1 Å². The van der Waals surface area contributed by atoms with Crippen molar-refractivity contribution in [3.63, 3.8) is 0 Å². The number of hydrogen-bond acceptors (Lipinski definition) is 6. The van der Waals surface area contributed by atoms with Gasteiger partial charge in [0.1, 0.15) is 11.4 Å². The lowest BCUT2D eigenvalue weighted by Gasteiger charge is -2.09. The Morgan fingerprint density at radius 2 is 2.04 bits per heavy atom. The molecule has 0 aliphatic rings. The minimum absolute atomic E-state index is 0.134. The number of rotatable bonds is 4. The zero-order valence-corrected chi connectivity index (χ0v) is 14.9. The normalized spacial score (nSPS) is 10.5. The van der Waals surface area contributed by atoms with E-state index in [4.69, 9.17) is 9.15 Å². The van der Waals surface area contributed by atoms with Gasteiger partial charge >= 0.3 is 11.3 Å². The van der Waals surface area contributed by atoms with Crippen LogP contribution in [-0.2, 0) is 0 Å². The average molecular weight is 419 g/mol. The van der Waals surface area contributed by atoms with Crippen molar-refractivity contribution in [1.29, 1.82) is 0 Å². The fraction of sp³-hybridized carbons (Fsp3) is 0.0588. The molecule has 0 unspecified atom stereocenters. The van der Waals surface area contributed by atoms with E-state index in [1.165, 1.54) is 25.3 Å². The summed E-state index contributed by atoms with van der Waals surface area (Å²) in [6.45, 7) is 0. The van der Waals surface area contributed by atoms with E-state index in [1.54, 1.807) is 24.3 Å². The molecule has 1 N–H and O–H groups in total. The van der Waals surface area contributed by atoms with Gasteiger partial charge < -0.3 is 14.5 Å². The number of nitro benzene ring substituents is 1. The molecule has 3 rings (SSSR count). The van der Waals surface area contributed by atoms with Gasteiger partial charge in [-0.25, -0.2) is 4.79 Å². The molecule has 0 aliphatic carbocycles. The largest absolute Gasteiger partial charge is 0.496 e. The van der Waals surface area contributed by atoms with Gasteiger partial charge in [0, 0.05) is 15.9 Å². The van der Waals surface area contributed by atoms with Crippen LogP contribution < -0.4 is 15.7 Å². The topological polar surface area (TPSA) is 112 Å². The van der Waals surface area contributed by atoms with Crippen LogP contribution in [0, 0.1) is 10.1 Å². The Morgan fingerprint density at radius 1 is 1.27 bits per heavy atom. The van der Waals surface area contributed by atoms with Crippen molar-refractivity contribution in [3.8, 4) is 5.75 Å². The van der Waals surface area contributed by atoms with Crippen LogP contribution in [-0.4, -0.2) is 17.9 Å². The van der Waals surface area contributed by atoms with Crippen molar-refractivity contribution < 1.29 is 18.9 Å². The number of non-ortho nitro benzene ring substituents is 1. The Labute approximate surface area is 154 Å². The summed E-state index contributed by atoms with van der Waals surface area (Å²) in [6, 6.07) is 10.4. The molecule has 0 radical (unpaired) electrons. The number of carbonyl (C=O) groups excluding carboxylic acids is 1. The van der Waals surface area contributed by atoms with Crippen molar-refractivity contribution in [1.82, 2.24) is 0 Å². The number of para-hydroxylation sites is 1. The fourth-order valence-corrected chi connectivity index (χ4v) is 2.77. The maximum absolute atomic E-state index is 12.5. The number of anilines is 1. The third kappa shape index (κ3) is 3.29. The minimum Gasteiger partial charge on any atom is -0.496 e. The predicted molar refractivity (Wildman–Crippen MR) is 97.8 cm³/mol. The van der Waals surface area contributed by atoms with Crippen LogP contribution >= 0.6 is 15.9 Å². The van der Waals surface area contributed by atoms with Crippen LogP contribution in [0.5, 0.6) is 5.75 Å². The van der Waals surface area contributed by atoms with Crippen molar-refractivity contribution in [2.75, 3.05) is 12.4 Å². The van der Waals surface area contributed by atoms with E-state index in [9.17, 15) is 19.7 Å². The zero-order valence-electron chi connectivity index (χ0n) is 13.3. The molecule has 1 amide bonds. The summed E-state index contributed by atoms with van der Waals surface area (Å²) < 4.78 is 10.9. The number of methoxy groups -OCH3 is 1. The lowest BCUT2D eigenvalue weighted by Crippen LogP contribution is -2.18. The first-order chi connectivity index (χ1) is 12.4. The zero-order chi connectivity index (χ0) is 18.8. The molecule has 1 heterocycles. The van der Waals surface area contributed by atoms with Gasteiger partial charge in [0.2, 0.25) is 5.58 Å². The molecule has 0 fully saturated rings. The summed E-state index contributed by atoms with van der Waals surface area (Å²) in [5, 5.41) is 13.8. The van der Waals surface area contributed by atoms with E-state index in [1.807, 2.05) is 0 Å². The molecule has 0 aliphatic heterocycles. The molecule has 0 spiro atoms. The van der Waals surface area contributed by atoms with Gasteiger partial charge in [-0.2, -0.15) is 0 Å². The number of ether oxygens (including phenoxy) is 1. The maximum atomic E-state index is 12.5. The van der Waals surface area contributed by atoms with Gasteiger partial charge in [-0.05, 0) is 24.3 Å². The standard InChI is InChI=1S/C17H11BrN2O6/c1-25-14-6-5-10(18)8-11(14)16(21)19-12-7-9-3-2-4-13(20(23)24)15(9)26-17(12)22/h2-8H,1H3,(H,19,21). The van der Waals surface area contributed by atoms with Crippen LogP contribution in [0.3, 0.4) is 0 Å². The van der Waals surface area contributed by atoms with E-state index >= 15 is 0 Å². The summed E-state index contributed by atoms with van der Waals surface area (Å²) in [4.78, 5) is 35.0. The first-order valence-electron chi connectivity index (χ1n) is 7.27. The summed E-state index contributed by atoms with van der Waals surface area (Å²) in [6.07, 6.45) is 0. The molecule has 3 aromatic rings. The lowest BCUT2D eigenvalue weighted by molar-refractivity contribution is -0.383. The number of benzene rings is 2. The molecule has 1 aromatic heterocycles. The van der Waals surface area contributed by atoms with E-state index in [0.29, 0.717) is 15.6 Å². The first-order valence-corrected chi connectivity index (χ1v) is 8.06. The fourth-order valence-electron chi connectivity index (χ4n) is 2.41. The van der Waals surface area contributed by atoms with Gasteiger partial charge in [-0.1, -0.05) is 28.1 Å². The predicted octanol–water partition coefficient (Wildman–Crippen LogP) is 3.72. The molecule has 9 heteroatoms. The quantitative estimate of drug-likeness (QED) is 0.392. The van der Waals surface area contributed by atoms with E-state index in [2.05, 4.69) is 21.2 Å². The van der Waals surface area contributed by atoms with Crippen molar-refractivity contribution in [3.05, 3.63) is 73.0 Å². The second-order valence-electron chi connectivity index (χ2n) is 5.20. The second-order valence-corrected chi connectivity index (χ2v) is 6.11. The number of nitrogens with zero attached hydrogens (tertiary/aromatic N) is 1. The summed E-state index contributed by atoms with van der Waals surface area (Å²) >= 11 is 3.27. The van der Waals surface area contributed by atoms with E-state index < -0.39 is 16.5 Å². The van der Waals surface area contributed by atoms with Gasteiger partial charge in [0.05, 0.1) is 17.6 Å². The number of nitro groups is 1. The highest BCUT2D eigenvalue weighted by Gasteiger charge is 2.19. The van der Waals surface area contributed by atoms with Crippen LogP contribution in [0.1, 0.15) is 10.4 Å². The number of amides is 1. The van der Waals surface area contributed by atoms with Crippen LogP contribution in [0.2, 0.25) is 0 Å².